The van der Waals surface area contributed by atoms with Crippen LogP contribution in [0.4, 0.5) is 5.95 Å². The Balaban J connectivity index is 1.97. The fraction of sp³-hybridized carbons (Fsp3) is 0.389. The molecule has 9 heteroatoms. The van der Waals surface area contributed by atoms with Crippen LogP contribution in [0.2, 0.25) is 5.02 Å². The van der Waals surface area contributed by atoms with E-state index in [1.54, 1.807) is 35.7 Å². The quantitative estimate of drug-likeness (QED) is 0.554. The summed E-state index contributed by atoms with van der Waals surface area (Å²) in [5.41, 5.74) is 1.96. The molecule has 0 bridgehead atoms. The molecular weight excluding hydrogens is 388 g/mol. The number of halogens is 1. The lowest BCUT2D eigenvalue weighted by atomic mass is 9.95. The van der Waals surface area contributed by atoms with Crippen molar-refractivity contribution in [3.05, 3.63) is 46.4 Å². The second-order valence-electron chi connectivity index (χ2n) is 5.82. The maximum atomic E-state index is 12.8. The maximum Gasteiger partial charge on any atom is 0.338 e. The minimum absolute atomic E-state index is 0.356. The summed E-state index contributed by atoms with van der Waals surface area (Å²) in [4.78, 5) is 17.1. The molecule has 2 heterocycles. The molecular formula is C18H21ClN4O3S. The van der Waals surface area contributed by atoms with Crippen LogP contribution >= 0.6 is 23.4 Å². The second-order valence-corrected chi connectivity index (χ2v) is 7.62. The normalized spacial score (nSPS) is 15.9. The molecule has 3 rings (SSSR count). The fourth-order valence-corrected chi connectivity index (χ4v) is 3.69. The van der Waals surface area contributed by atoms with Gasteiger partial charge in [0.2, 0.25) is 5.95 Å². The first-order valence-electron chi connectivity index (χ1n) is 8.52. The van der Waals surface area contributed by atoms with Crippen molar-refractivity contribution in [1.82, 2.24) is 14.8 Å². The number of methoxy groups -OCH3 is 1. The number of nitrogens with one attached hydrogen (secondary N) is 1. The molecule has 0 saturated carbocycles. The smallest absolute Gasteiger partial charge is 0.338 e. The number of thioether (sulfide) groups is 1. The van der Waals surface area contributed by atoms with Crippen LogP contribution in [0.25, 0.3) is 0 Å². The van der Waals surface area contributed by atoms with E-state index < -0.39 is 6.04 Å². The highest BCUT2D eigenvalue weighted by Crippen LogP contribution is 2.37. The Labute approximate surface area is 167 Å². The Bertz CT molecular complexity index is 868. The van der Waals surface area contributed by atoms with Gasteiger partial charge in [-0.25, -0.2) is 9.48 Å². The van der Waals surface area contributed by atoms with Gasteiger partial charge < -0.3 is 14.8 Å². The lowest BCUT2D eigenvalue weighted by molar-refractivity contribution is -0.138. The monoisotopic (exact) mass is 408 g/mol. The molecule has 1 aliphatic rings. The summed E-state index contributed by atoms with van der Waals surface area (Å²) >= 11 is 8.03. The first-order valence-corrected chi connectivity index (χ1v) is 10.1. The van der Waals surface area contributed by atoms with E-state index in [2.05, 4.69) is 22.3 Å². The Morgan fingerprint density at radius 1 is 1.44 bits per heavy atom. The highest BCUT2D eigenvalue weighted by Gasteiger charge is 2.34. The number of rotatable bonds is 7. The number of ether oxygens (including phenoxy) is 2. The molecule has 144 valence electrons. The van der Waals surface area contributed by atoms with Crippen LogP contribution in [0.1, 0.15) is 25.5 Å². The van der Waals surface area contributed by atoms with Crippen LogP contribution in [-0.4, -0.2) is 46.0 Å². The van der Waals surface area contributed by atoms with Crippen LogP contribution in [0.5, 0.6) is 5.75 Å². The lowest BCUT2D eigenvalue weighted by Gasteiger charge is -2.28. The van der Waals surface area contributed by atoms with Gasteiger partial charge in [0.25, 0.3) is 0 Å². The molecule has 1 aliphatic heterocycles. The van der Waals surface area contributed by atoms with E-state index in [-0.39, 0.29) is 5.97 Å². The number of nitrogens with zero attached hydrogens (tertiary/aromatic N) is 3. The van der Waals surface area contributed by atoms with E-state index >= 15 is 0 Å². The third kappa shape index (κ3) is 4.06. The molecule has 0 unspecified atom stereocenters. The van der Waals surface area contributed by atoms with Gasteiger partial charge in [-0.2, -0.15) is 21.8 Å². The molecule has 2 aromatic rings. The van der Waals surface area contributed by atoms with Crippen molar-refractivity contribution in [3.8, 4) is 5.75 Å². The number of carbonyl (C=O) groups is 1. The molecule has 0 aliphatic carbocycles. The van der Waals surface area contributed by atoms with Gasteiger partial charge in [0.05, 0.1) is 17.7 Å². The predicted molar refractivity (Wildman–Crippen MR) is 106 cm³/mol. The number of hydrogen-bond acceptors (Lipinski definition) is 7. The molecule has 1 atom stereocenters. The fourth-order valence-electron chi connectivity index (χ4n) is 2.93. The number of allylic oxidation sites excluding steroid dienone is 1. The first kappa shape index (κ1) is 19.6. The van der Waals surface area contributed by atoms with Crippen molar-refractivity contribution in [2.45, 2.75) is 19.9 Å². The number of carbonyl (C=O) groups excluding carboxylic acids is 1. The maximum absolute atomic E-state index is 12.8. The number of benzene rings is 1. The highest BCUT2D eigenvalue weighted by molar-refractivity contribution is 7.99. The van der Waals surface area contributed by atoms with Crippen LogP contribution in [0, 0.1) is 0 Å². The number of fused-ring (bicyclic) bond motifs is 1. The standard InChI is InChI=1S/C18H21ClN4O3S/c1-4-27-8-7-26-17(24)15-11(2)22-18-20-10-21-23(18)16(15)12-5-6-14(25-3)13(19)9-12/h5-6,9-10,16H,4,7-8H2,1-3H3,(H,20,21,22)/t16-/m1/s1. The van der Waals surface area contributed by atoms with Crippen LogP contribution < -0.4 is 10.1 Å². The zero-order chi connectivity index (χ0) is 19.4. The first-order chi connectivity index (χ1) is 13.1. The summed E-state index contributed by atoms with van der Waals surface area (Å²) in [6, 6.07) is 4.92. The number of aromatic nitrogens is 3. The van der Waals surface area contributed by atoms with Gasteiger partial charge in [-0.15, -0.1) is 0 Å². The molecule has 1 aromatic carbocycles. The summed E-state index contributed by atoms with van der Waals surface area (Å²) in [5, 5.41) is 7.86. The predicted octanol–water partition coefficient (Wildman–Crippen LogP) is 3.53. The molecule has 0 fully saturated rings. The summed E-state index contributed by atoms with van der Waals surface area (Å²) in [6.45, 7) is 4.25. The third-order valence-electron chi connectivity index (χ3n) is 4.17. The van der Waals surface area contributed by atoms with Crippen molar-refractivity contribution < 1.29 is 14.3 Å². The van der Waals surface area contributed by atoms with Crippen molar-refractivity contribution in [2.24, 2.45) is 0 Å². The van der Waals surface area contributed by atoms with E-state index in [9.17, 15) is 4.79 Å². The molecule has 0 radical (unpaired) electrons. The number of esters is 1. The van der Waals surface area contributed by atoms with Gasteiger partial charge in [-0.1, -0.05) is 24.6 Å². The average Bonchev–Trinajstić information content (AvgIpc) is 3.11. The Hall–Kier alpha value is -2.19. The van der Waals surface area contributed by atoms with Gasteiger partial charge in [0, 0.05) is 11.4 Å². The van der Waals surface area contributed by atoms with Gasteiger partial charge >= 0.3 is 5.97 Å². The van der Waals surface area contributed by atoms with E-state index in [4.69, 9.17) is 21.1 Å². The summed E-state index contributed by atoms with van der Waals surface area (Å²) in [6.07, 6.45) is 1.44. The minimum atomic E-state index is -0.488. The molecule has 27 heavy (non-hydrogen) atoms. The zero-order valence-corrected chi connectivity index (χ0v) is 16.9. The molecule has 1 aromatic heterocycles. The van der Waals surface area contributed by atoms with Gasteiger partial charge in [0.15, 0.2) is 0 Å². The topological polar surface area (TPSA) is 78.3 Å². The Morgan fingerprint density at radius 2 is 2.26 bits per heavy atom. The van der Waals surface area contributed by atoms with E-state index in [0.717, 1.165) is 17.1 Å². The van der Waals surface area contributed by atoms with Crippen molar-refractivity contribution >= 4 is 35.3 Å². The Kier molecular flexibility index (Phi) is 6.28. The number of anilines is 1. The van der Waals surface area contributed by atoms with Crippen molar-refractivity contribution in [3.63, 3.8) is 0 Å². The van der Waals surface area contributed by atoms with Crippen LogP contribution in [-0.2, 0) is 9.53 Å². The van der Waals surface area contributed by atoms with Crippen LogP contribution in [0.3, 0.4) is 0 Å². The molecule has 0 saturated heterocycles. The zero-order valence-electron chi connectivity index (χ0n) is 15.4. The average molecular weight is 409 g/mol. The summed E-state index contributed by atoms with van der Waals surface area (Å²) < 4.78 is 12.4. The summed E-state index contributed by atoms with van der Waals surface area (Å²) in [5.74, 6) is 2.48. The SMILES string of the molecule is CCSCCOC(=O)C1=C(C)Nc2ncnn2[C@@H]1c1ccc(OC)c(Cl)c1. The number of hydrogen-bond donors (Lipinski definition) is 1. The van der Waals surface area contributed by atoms with Crippen LogP contribution in [0.15, 0.2) is 35.8 Å². The van der Waals surface area contributed by atoms with Gasteiger partial charge in [-0.3, -0.25) is 0 Å². The third-order valence-corrected chi connectivity index (χ3v) is 5.33. The van der Waals surface area contributed by atoms with Gasteiger partial charge in [-0.05, 0) is 30.4 Å². The van der Waals surface area contributed by atoms with E-state index in [0.29, 0.717) is 34.6 Å². The summed E-state index contributed by atoms with van der Waals surface area (Å²) in [7, 11) is 1.56. The lowest BCUT2D eigenvalue weighted by Crippen LogP contribution is -2.30. The second kappa shape index (κ2) is 8.67. The molecule has 0 amide bonds. The highest BCUT2D eigenvalue weighted by atomic mass is 35.5. The minimum Gasteiger partial charge on any atom is -0.495 e. The van der Waals surface area contributed by atoms with Crippen molar-refractivity contribution in [1.29, 1.82) is 0 Å². The van der Waals surface area contributed by atoms with E-state index in [1.807, 2.05) is 13.0 Å². The van der Waals surface area contributed by atoms with Crippen molar-refractivity contribution in [2.75, 3.05) is 30.5 Å². The van der Waals surface area contributed by atoms with E-state index in [1.165, 1.54) is 6.33 Å². The molecule has 1 N–H and O–H groups in total. The molecule has 7 nitrogen and oxygen atoms in total. The van der Waals surface area contributed by atoms with Gasteiger partial charge in [0.1, 0.15) is 24.7 Å². The largest absolute Gasteiger partial charge is 0.495 e. The molecule has 0 spiro atoms. The Morgan fingerprint density at radius 3 is 2.96 bits per heavy atom.